The number of anilines is 1. The van der Waals surface area contributed by atoms with E-state index in [1.165, 1.54) is 38.9 Å². The van der Waals surface area contributed by atoms with Crippen LogP contribution in [-0.2, 0) is 19.3 Å². The number of nitrogens with zero attached hydrogens (tertiary/aromatic N) is 2. The second-order valence-electron chi connectivity index (χ2n) is 11.7. The van der Waals surface area contributed by atoms with Crippen molar-refractivity contribution in [1.82, 2.24) is 0 Å². The van der Waals surface area contributed by atoms with E-state index in [1.54, 1.807) is 0 Å². The van der Waals surface area contributed by atoms with Gasteiger partial charge in [0.25, 0.3) is 11.4 Å². The molecule has 10 heteroatoms. The van der Waals surface area contributed by atoms with Crippen molar-refractivity contribution in [2.24, 2.45) is 0 Å². The molecular formula is C38H59I3N3O4-. The summed E-state index contributed by atoms with van der Waals surface area (Å²) in [6.07, 6.45) is 2.95. The van der Waals surface area contributed by atoms with E-state index in [0.717, 1.165) is 69.5 Å². The van der Waals surface area contributed by atoms with Crippen LogP contribution in [0.25, 0.3) is 0 Å². The van der Waals surface area contributed by atoms with E-state index in [0.29, 0.717) is 13.3 Å². The van der Waals surface area contributed by atoms with Crippen molar-refractivity contribution in [3.8, 4) is 0 Å². The van der Waals surface area contributed by atoms with Gasteiger partial charge in [-0.05, 0) is 164 Å². The Morgan fingerprint density at radius 1 is 0.479 bits per heavy atom. The Balaban J connectivity index is 0. The van der Waals surface area contributed by atoms with Crippen LogP contribution >= 0.6 is 37.2 Å². The summed E-state index contributed by atoms with van der Waals surface area (Å²) in [5.41, 5.74) is 24.2. The summed E-state index contributed by atoms with van der Waals surface area (Å²) in [6, 6.07) is 0. The van der Waals surface area contributed by atoms with Crippen molar-refractivity contribution >= 4 is 54.3 Å². The maximum absolute atomic E-state index is 11.0. The average molecular weight is 1000 g/mol. The fraction of sp³-hybridized carbons (Fsp3) is 0.526. The number of rotatable bonds is 5. The molecule has 0 aliphatic rings. The van der Waals surface area contributed by atoms with Gasteiger partial charge >= 0.3 is 50.5 Å². The quantitative estimate of drug-likeness (QED) is 0.119. The van der Waals surface area contributed by atoms with Crippen LogP contribution in [0.5, 0.6) is 0 Å². The van der Waals surface area contributed by atoms with Crippen molar-refractivity contribution < 1.29 is 23.1 Å². The molecule has 0 heterocycles. The Hall–Kier alpha value is -1.55. The third-order valence-electron chi connectivity index (χ3n) is 9.75. The Bertz CT molecular complexity index is 1420. The Kier molecular flexibility index (Phi) is 23.3. The van der Waals surface area contributed by atoms with Gasteiger partial charge in [0, 0.05) is 27.9 Å². The zero-order valence-electron chi connectivity index (χ0n) is 32.4. The summed E-state index contributed by atoms with van der Waals surface area (Å²) in [6.45, 7) is 34.1. The van der Waals surface area contributed by atoms with E-state index >= 15 is 0 Å². The van der Waals surface area contributed by atoms with Gasteiger partial charge in [-0.3, -0.25) is 20.2 Å². The van der Waals surface area contributed by atoms with Crippen LogP contribution in [-0.4, -0.2) is 9.85 Å². The van der Waals surface area contributed by atoms with E-state index in [2.05, 4.69) is 85.7 Å². The van der Waals surface area contributed by atoms with Crippen molar-refractivity contribution in [3.05, 3.63) is 104 Å². The van der Waals surface area contributed by atoms with Gasteiger partial charge in [-0.1, -0.05) is 34.6 Å². The van der Waals surface area contributed by atoms with E-state index in [1.807, 2.05) is 69.2 Å². The summed E-state index contributed by atoms with van der Waals surface area (Å²) in [7, 11) is 0. The molecule has 0 bridgehead atoms. The molecular weight excluding hydrogens is 943 g/mol. The second kappa shape index (κ2) is 23.0. The molecule has 3 aromatic carbocycles. The molecule has 0 aliphatic carbocycles. The first kappa shape index (κ1) is 48.6. The molecule has 3 rings (SSSR count). The van der Waals surface area contributed by atoms with Gasteiger partial charge in [0.2, 0.25) is 0 Å². The molecule has 0 aromatic heterocycles. The fourth-order valence-corrected chi connectivity index (χ4v) is 6.30. The number of nitro groups is 2. The number of nitrogen functional groups attached to an aromatic ring is 1. The van der Waals surface area contributed by atoms with E-state index in [9.17, 15) is 20.2 Å². The van der Waals surface area contributed by atoms with Crippen LogP contribution in [0.4, 0.5) is 17.1 Å². The molecule has 2 N–H and O–H groups in total. The first-order valence-electron chi connectivity index (χ1n) is 16.4. The molecule has 0 unspecified atom stereocenters. The van der Waals surface area contributed by atoms with Gasteiger partial charge < -0.3 is 5.73 Å². The van der Waals surface area contributed by atoms with Gasteiger partial charge in [-0.15, -0.1) is 0 Å². The number of nitro benzene ring substituents is 2. The van der Waals surface area contributed by atoms with Crippen molar-refractivity contribution in [2.75, 3.05) is 5.73 Å². The minimum absolute atomic E-state index is 0.274. The number of hydrogen-bond donors (Lipinski definition) is 1. The van der Waals surface area contributed by atoms with Gasteiger partial charge in [0.15, 0.2) is 0 Å². The number of hydrogen-bond acceptors (Lipinski definition) is 5. The Morgan fingerprint density at radius 2 is 0.646 bits per heavy atom. The normalized spacial score (nSPS) is 9.98. The molecule has 0 fully saturated rings. The third kappa shape index (κ3) is 11.8. The monoisotopic (exact) mass is 1000 g/mol. The molecule has 0 aliphatic heterocycles. The minimum atomic E-state index is -0.274. The van der Waals surface area contributed by atoms with E-state index < -0.39 is 0 Å². The summed E-state index contributed by atoms with van der Waals surface area (Å²) in [5.74, 6) is 0. The van der Waals surface area contributed by atoms with Crippen LogP contribution in [0, 0.1) is 103 Å². The molecule has 0 atom stereocenters. The zero-order chi connectivity index (χ0) is 38.4. The zero-order valence-corrected chi connectivity index (χ0v) is 38.8. The van der Waals surface area contributed by atoms with Crippen molar-refractivity contribution in [3.63, 3.8) is 0 Å². The van der Waals surface area contributed by atoms with Crippen LogP contribution in [0.15, 0.2) is 0 Å². The van der Waals surface area contributed by atoms with Crippen LogP contribution < -0.4 is 19.0 Å². The molecule has 48 heavy (non-hydrogen) atoms. The Labute approximate surface area is 320 Å². The van der Waals surface area contributed by atoms with Gasteiger partial charge in [-0.2, -0.15) is 0 Å². The van der Waals surface area contributed by atoms with Crippen LogP contribution in [0.1, 0.15) is 118 Å². The van der Waals surface area contributed by atoms with Crippen LogP contribution in [0.3, 0.4) is 0 Å². The second-order valence-corrected chi connectivity index (χ2v) is 27.9. The van der Waals surface area contributed by atoms with Crippen molar-refractivity contribution in [1.29, 1.82) is 0 Å². The summed E-state index contributed by atoms with van der Waals surface area (Å²) in [4.78, 5) is 21.4. The topological polar surface area (TPSA) is 112 Å². The van der Waals surface area contributed by atoms with E-state index in [4.69, 9.17) is 5.73 Å². The molecule has 3 aromatic rings. The molecule has 0 spiro atoms. The van der Waals surface area contributed by atoms with Crippen LogP contribution in [0.2, 0.25) is 0 Å². The third-order valence-corrected chi connectivity index (χ3v) is 9.75. The predicted molar refractivity (Wildman–Crippen MR) is 221 cm³/mol. The first-order chi connectivity index (χ1) is 22.2. The van der Waals surface area contributed by atoms with Crippen molar-refractivity contribution in [2.45, 2.75) is 137 Å². The molecule has 0 amide bonds. The SMILES string of the molecule is CC.CCc1c(C)c(C)c(N)c(C)c1C.CCc1c(C)c(C)c([N+](=O)[O-])c(C)c1C.CCc1c(C)c(C)c([N+](=O)[O-])c(C)c1C.I[I-]I. The molecule has 0 saturated carbocycles. The summed E-state index contributed by atoms with van der Waals surface area (Å²) in [5, 5.41) is 21.9. The van der Waals surface area contributed by atoms with Gasteiger partial charge in [0.05, 0.1) is 9.85 Å². The fourth-order valence-electron chi connectivity index (χ4n) is 6.30. The summed E-state index contributed by atoms with van der Waals surface area (Å²) >= 11 is 5.30. The molecule has 7 nitrogen and oxygen atoms in total. The summed E-state index contributed by atoms with van der Waals surface area (Å²) < 4.78 is 0. The molecule has 272 valence electrons. The van der Waals surface area contributed by atoms with Gasteiger partial charge in [-0.25, -0.2) is 0 Å². The standard InChI is InChI=1S/2C12H17NO2.C12H19N.C2H6.I3/c2*1-6-11-7(2)9(4)12(13(14)15)10(5)8(11)3;1-6-11-7(2)9(4)12(13)10(5)8(11)3;1-2;1-3-2/h2*6H2,1-5H3;6,13H2,1-5H3;1-2H3;/q;;;;-1. The number of halogens is 3. The van der Waals surface area contributed by atoms with E-state index in [-0.39, 0.29) is 21.2 Å². The Morgan fingerprint density at radius 3 is 0.792 bits per heavy atom. The maximum atomic E-state index is 11.0. The molecule has 0 radical (unpaired) electrons. The number of benzene rings is 3. The number of nitrogens with two attached hydrogens (primary N) is 1. The first-order valence-corrected chi connectivity index (χ1v) is 29.0. The average Bonchev–Trinajstić information content (AvgIpc) is 3.04. The predicted octanol–water partition coefficient (Wildman–Crippen LogP) is 9.65. The van der Waals surface area contributed by atoms with Gasteiger partial charge in [0.1, 0.15) is 0 Å². The molecule has 0 saturated heterocycles.